The van der Waals surface area contributed by atoms with E-state index in [0.717, 1.165) is 17.5 Å². The lowest BCUT2D eigenvalue weighted by Gasteiger charge is -2.10. The molecule has 3 nitrogen and oxygen atoms in total. The average Bonchev–Trinajstić information content (AvgIpc) is 2.65. The first-order chi connectivity index (χ1) is 8.22. The number of hydrogen-bond acceptors (Lipinski definition) is 2. The van der Waals surface area contributed by atoms with Crippen LogP contribution in [-0.4, -0.2) is 18.2 Å². The smallest absolute Gasteiger partial charge is 0.220 e. The molecule has 0 spiro atoms. The predicted octanol–water partition coefficient (Wildman–Crippen LogP) is 2.27. The second kappa shape index (κ2) is 5.13. The lowest BCUT2D eigenvalue weighted by atomic mass is 9.97. The molecular formula is C14H17NO2. The van der Waals surface area contributed by atoms with Gasteiger partial charge in [-0.15, -0.1) is 0 Å². The second-order valence-corrected chi connectivity index (χ2v) is 4.47. The SMILES string of the molecule is CCCNC(=O)C[C@@H]1CC(=O)c2ccccc21. The van der Waals surface area contributed by atoms with Crippen molar-refractivity contribution >= 4 is 11.7 Å². The molecule has 3 heteroatoms. The summed E-state index contributed by atoms with van der Waals surface area (Å²) in [5.41, 5.74) is 1.82. The highest BCUT2D eigenvalue weighted by molar-refractivity contribution is 6.01. The fourth-order valence-corrected chi connectivity index (χ4v) is 2.29. The summed E-state index contributed by atoms with van der Waals surface area (Å²) in [6, 6.07) is 7.60. The summed E-state index contributed by atoms with van der Waals surface area (Å²) >= 11 is 0. The molecule has 2 rings (SSSR count). The molecule has 0 fully saturated rings. The van der Waals surface area contributed by atoms with Gasteiger partial charge >= 0.3 is 0 Å². The number of Topliss-reactive ketones (excluding diaryl/α,β-unsaturated/α-hetero) is 1. The van der Waals surface area contributed by atoms with Crippen molar-refractivity contribution in [1.82, 2.24) is 5.32 Å². The molecule has 0 aromatic heterocycles. The van der Waals surface area contributed by atoms with Crippen LogP contribution in [0, 0.1) is 0 Å². The Morgan fingerprint density at radius 1 is 1.41 bits per heavy atom. The molecule has 17 heavy (non-hydrogen) atoms. The molecule has 0 unspecified atom stereocenters. The van der Waals surface area contributed by atoms with Gasteiger partial charge in [-0.25, -0.2) is 0 Å². The summed E-state index contributed by atoms with van der Waals surface area (Å²) in [7, 11) is 0. The third kappa shape index (κ3) is 2.54. The molecule has 90 valence electrons. The van der Waals surface area contributed by atoms with Crippen molar-refractivity contribution in [2.45, 2.75) is 32.1 Å². The Hall–Kier alpha value is -1.64. The Kier molecular flexibility index (Phi) is 3.57. The first kappa shape index (κ1) is 11.8. The third-order valence-corrected chi connectivity index (χ3v) is 3.14. The molecule has 1 aliphatic carbocycles. The van der Waals surface area contributed by atoms with Crippen LogP contribution < -0.4 is 5.32 Å². The first-order valence-electron chi connectivity index (χ1n) is 6.11. The monoisotopic (exact) mass is 231 g/mol. The van der Waals surface area contributed by atoms with E-state index in [9.17, 15) is 9.59 Å². The Morgan fingerprint density at radius 2 is 2.18 bits per heavy atom. The molecule has 0 bridgehead atoms. The summed E-state index contributed by atoms with van der Waals surface area (Å²) in [5.74, 6) is 0.269. The predicted molar refractivity (Wildman–Crippen MR) is 66.0 cm³/mol. The summed E-state index contributed by atoms with van der Waals surface area (Å²) in [5, 5.41) is 2.85. The second-order valence-electron chi connectivity index (χ2n) is 4.47. The van der Waals surface area contributed by atoms with E-state index >= 15 is 0 Å². The number of nitrogens with one attached hydrogen (secondary N) is 1. The lowest BCUT2D eigenvalue weighted by Crippen LogP contribution is -2.25. The quantitative estimate of drug-likeness (QED) is 0.864. The van der Waals surface area contributed by atoms with Crippen LogP contribution in [-0.2, 0) is 4.79 Å². The van der Waals surface area contributed by atoms with Crippen LogP contribution in [0.2, 0.25) is 0 Å². The van der Waals surface area contributed by atoms with Crippen molar-refractivity contribution < 1.29 is 9.59 Å². The minimum absolute atomic E-state index is 0.0429. The Bertz CT molecular complexity index is 440. The van der Waals surface area contributed by atoms with E-state index in [1.807, 2.05) is 31.2 Å². The van der Waals surface area contributed by atoms with Gasteiger partial charge in [-0.05, 0) is 12.0 Å². The topological polar surface area (TPSA) is 46.2 Å². The number of benzene rings is 1. The van der Waals surface area contributed by atoms with Crippen LogP contribution in [0.3, 0.4) is 0 Å². The molecule has 0 saturated carbocycles. The largest absolute Gasteiger partial charge is 0.356 e. The van der Waals surface area contributed by atoms with Gasteiger partial charge in [0.1, 0.15) is 0 Å². The number of hydrogen-bond donors (Lipinski definition) is 1. The van der Waals surface area contributed by atoms with Crippen LogP contribution >= 0.6 is 0 Å². The number of amides is 1. The van der Waals surface area contributed by atoms with Crippen LogP contribution in [0.25, 0.3) is 0 Å². The normalized spacial score (nSPS) is 17.9. The molecule has 1 aromatic carbocycles. The maximum absolute atomic E-state index is 11.7. The molecule has 1 aromatic rings. The highest BCUT2D eigenvalue weighted by Gasteiger charge is 2.30. The van der Waals surface area contributed by atoms with E-state index in [-0.39, 0.29) is 17.6 Å². The average molecular weight is 231 g/mol. The van der Waals surface area contributed by atoms with E-state index in [0.29, 0.717) is 19.4 Å². The molecule has 1 atom stereocenters. The summed E-state index contributed by atoms with van der Waals surface area (Å²) in [6.45, 7) is 2.73. The zero-order chi connectivity index (χ0) is 12.3. The van der Waals surface area contributed by atoms with Crippen molar-refractivity contribution in [3.05, 3.63) is 35.4 Å². The van der Waals surface area contributed by atoms with Gasteiger partial charge in [-0.1, -0.05) is 31.2 Å². The fourth-order valence-electron chi connectivity index (χ4n) is 2.29. The first-order valence-corrected chi connectivity index (χ1v) is 6.11. The third-order valence-electron chi connectivity index (χ3n) is 3.14. The fraction of sp³-hybridized carbons (Fsp3) is 0.429. The van der Waals surface area contributed by atoms with E-state index < -0.39 is 0 Å². The number of fused-ring (bicyclic) bond motifs is 1. The van der Waals surface area contributed by atoms with E-state index in [4.69, 9.17) is 0 Å². The number of carbonyl (C=O) groups is 2. The number of ketones is 1. The van der Waals surface area contributed by atoms with Gasteiger partial charge < -0.3 is 5.32 Å². The summed E-state index contributed by atoms with van der Waals surface area (Å²) in [4.78, 5) is 23.4. The minimum Gasteiger partial charge on any atom is -0.356 e. The van der Waals surface area contributed by atoms with Crippen molar-refractivity contribution in [1.29, 1.82) is 0 Å². The Balaban J connectivity index is 2.05. The highest BCUT2D eigenvalue weighted by Crippen LogP contribution is 2.34. The maximum Gasteiger partial charge on any atom is 0.220 e. The van der Waals surface area contributed by atoms with Gasteiger partial charge in [0.2, 0.25) is 5.91 Å². The molecule has 0 radical (unpaired) electrons. The van der Waals surface area contributed by atoms with Crippen LogP contribution in [0.4, 0.5) is 0 Å². The van der Waals surface area contributed by atoms with Gasteiger partial charge in [0.25, 0.3) is 0 Å². The van der Waals surface area contributed by atoms with Crippen molar-refractivity contribution in [3.8, 4) is 0 Å². The zero-order valence-corrected chi connectivity index (χ0v) is 10.0. The van der Waals surface area contributed by atoms with Crippen LogP contribution in [0.1, 0.15) is 48.0 Å². The van der Waals surface area contributed by atoms with Crippen molar-refractivity contribution in [3.63, 3.8) is 0 Å². The minimum atomic E-state index is 0.0429. The maximum atomic E-state index is 11.7. The zero-order valence-electron chi connectivity index (χ0n) is 10.0. The molecule has 1 aliphatic rings. The molecule has 0 saturated heterocycles. The van der Waals surface area contributed by atoms with Gasteiger partial charge in [0, 0.05) is 30.9 Å². The standard InChI is InChI=1S/C14H17NO2/c1-2-7-15-14(17)9-10-8-13(16)12-6-4-3-5-11(10)12/h3-6,10H,2,7-9H2,1H3,(H,15,17)/t10-/m0/s1. The summed E-state index contributed by atoms with van der Waals surface area (Å²) in [6.07, 6.45) is 1.83. The molecule has 0 aliphatic heterocycles. The Labute approximate surface area is 101 Å². The van der Waals surface area contributed by atoms with Crippen molar-refractivity contribution in [2.75, 3.05) is 6.54 Å². The molecule has 1 N–H and O–H groups in total. The molecular weight excluding hydrogens is 214 g/mol. The van der Waals surface area contributed by atoms with Crippen molar-refractivity contribution in [2.24, 2.45) is 0 Å². The molecule has 0 heterocycles. The Morgan fingerprint density at radius 3 is 2.94 bits per heavy atom. The lowest BCUT2D eigenvalue weighted by molar-refractivity contribution is -0.121. The van der Waals surface area contributed by atoms with E-state index in [2.05, 4.69) is 5.32 Å². The summed E-state index contributed by atoms with van der Waals surface area (Å²) < 4.78 is 0. The van der Waals surface area contributed by atoms with Gasteiger partial charge in [0.05, 0.1) is 0 Å². The number of carbonyl (C=O) groups excluding carboxylic acids is 2. The van der Waals surface area contributed by atoms with E-state index in [1.165, 1.54) is 0 Å². The van der Waals surface area contributed by atoms with Gasteiger partial charge in [-0.3, -0.25) is 9.59 Å². The van der Waals surface area contributed by atoms with Crippen LogP contribution in [0.5, 0.6) is 0 Å². The van der Waals surface area contributed by atoms with Gasteiger partial charge in [0.15, 0.2) is 5.78 Å². The van der Waals surface area contributed by atoms with E-state index in [1.54, 1.807) is 0 Å². The van der Waals surface area contributed by atoms with Gasteiger partial charge in [-0.2, -0.15) is 0 Å². The molecule has 1 amide bonds. The number of rotatable bonds is 4. The van der Waals surface area contributed by atoms with Crippen LogP contribution in [0.15, 0.2) is 24.3 Å². The highest BCUT2D eigenvalue weighted by atomic mass is 16.1.